The minimum Gasteiger partial charge on any atom is -0.495 e. The Morgan fingerprint density at radius 1 is 1.42 bits per heavy atom. The van der Waals surface area contributed by atoms with Crippen LogP contribution in [0.4, 0.5) is 13.2 Å². The first-order valence-electron chi connectivity index (χ1n) is 3.12. The lowest BCUT2D eigenvalue weighted by molar-refractivity contribution is 0.141. The molecule has 0 bridgehead atoms. The second kappa shape index (κ2) is 3.42. The summed E-state index contributed by atoms with van der Waals surface area (Å²) in [6.07, 6.45) is -1.11. The van der Waals surface area contributed by atoms with Crippen LogP contribution in [0.1, 0.15) is 12.0 Å². The molecule has 0 fully saturated rings. The van der Waals surface area contributed by atoms with Gasteiger partial charge in [0.2, 0.25) is 0 Å². The average Bonchev–Trinajstić information content (AvgIpc) is 2.03. The van der Waals surface area contributed by atoms with Crippen LogP contribution >= 0.6 is 0 Å². The maximum absolute atomic E-state index is 12.7. The lowest BCUT2D eigenvalue weighted by Crippen LogP contribution is -1.97. The Bertz CT molecular complexity index is 277. The quantitative estimate of drug-likeness (QED) is 0.690. The average molecular weight is 177 g/mol. The van der Waals surface area contributed by atoms with Gasteiger partial charge in [-0.05, 0) is 0 Å². The molecule has 0 aromatic carbocycles. The summed E-state index contributed by atoms with van der Waals surface area (Å²) in [5.74, 6) is -1.28. The number of rotatable bonds is 2. The van der Waals surface area contributed by atoms with Gasteiger partial charge < -0.3 is 4.74 Å². The molecule has 0 aliphatic rings. The molecule has 0 saturated heterocycles. The summed E-state index contributed by atoms with van der Waals surface area (Å²) in [6.45, 7) is 0. The molecule has 5 heteroatoms. The van der Waals surface area contributed by atoms with Crippen LogP contribution in [-0.4, -0.2) is 12.1 Å². The molecule has 0 aliphatic heterocycles. The lowest BCUT2D eigenvalue weighted by atomic mass is 10.2. The van der Waals surface area contributed by atoms with Gasteiger partial charge in [0.1, 0.15) is 5.75 Å². The number of hydrogen-bond donors (Lipinski definition) is 0. The number of hydrogen-bond acceptors (Lipinski definition) is 2. The number of pyridine rings is 1. The predicted molar refractivity (Wildman–Crippen MR) is 35.7 cm³/mol. The van der Waals surface area contributed by atoms with Crippen molar-refractivity contribution in [2.45, 2.75) is 6.43 Å². The van der Waals surface area contributed by atoms with Crippen molar-refractivity contribution in [2.75, 3.05) is 7.11 Å². The van der Waals surface area contributed by atoms with Gasteiger partial charge in [0, 0.05) is 0 Å². The maximum Gasteiger partial charge on any atom is 0.270 e. The fourth-order valence-corrected chi connectivity index (χ4v) is 0.802. The van der Waals surface area contributed by atoms with E-state index in [1.54, 1.807) is 0 Å². The van der Waals surface area contributed by atoms with Gasteiger partial charge in [0.15, 0.2) is 5.82 Å². The first-order chi connectivity index (χ1) is 5.66. The van der Waals surface area contributed by atoms with Gasteiger partial charge in [-0.1, -0.05) is 0 Å². The minimum atomic E-state index is -2.89. The van der Waals surface area contributed by atoms with E-state index >= 15 is 0 Å². The largest absolute Gasteiger partial charge is 0.495 e. The van der Waals surface area contributed by atoms with Crippen LogP contribution < -0.4 is 4.74 Å². The highest BCUT2D eigenvalue weighted by molar-refractivity contribution is 5.31. The molecule has 1 rings (SSSR count). The molecule has 0 radical (unpaired) electrons. The van der Waals surface area contributed by atoms with Gasteiger partial charge >= 0.3 is 0 Å². The first-order valence-corrected chi connectivity index (χ1v) is 3.12. The molecule has 0 aliphatic carbocycles. The van der Waals surface area contributed by atoms with E-state index < -0.39 is 17.8 Å². The standard InChI is InChI=1S/C7H6F3NO/c1-12-5-3-11-2-4(8)6(5)7(9)10/h2-3,7H,1H3. The molecule has 0 unspecified atom stereocenters. The second-order valence-corrected chi connectivity index (χ2v) is 2.04. The molecule has 12 heavy (non-hydrogen) atoms. The monoisotopic (exact) mass is 177 g/mol. The smallest absolute Gasteiger partial charge is 0.270 e. The van der Waals surface area contributed by atoms with E-state index in [9.17, 15) is 13.2 Å². The van der Waals surface area contributed by atoms with Crippen LogP contribution in [-0.2, 0) is 0 Å². The van der Waals surface area contributed by atoms with Crippen molar-refractivity contribution in [3.63, 3.8) is 0 Å². The molecule has 0 spiro atoms. The van der Waals surface area contributed by atoms with Crippen LogP contribution in [0.2, 0.25) is 0 Å². The van der Waals surface area contributed by atoms with E-state index in [0.29, 0.717) is 0 Å². The molecule has 1 aromatic heterocycles. The molecule has 0 saturated carbocycles. The normalized spacial score (nSPS) is 10.4. The van der Waals surface area contributed by atoms with E-state index in [1.165, 1.54) is 7.11 Å². The highest BCUT2D eigenvalue weighted by atomic mass is 19.3. The van der Waals surface area contributed by atoms with Crippen molar-refractivity contribution in [2.24, 2.45) is 0 Å². The lowest BCUT2D eigenvalue weighted by Gasteiger charge is -2.06. The first kappa shape index (κ1) is 8.83. The topological polar surface area (TPSA) is 22.1 Å². The molecular formula is C7H6F3NO. The zero-order chi connectivity index (χ0) is 9.14. The Morgan fingerprint density at radius 2 is 2.08 bits per heavy atom. The van der Waals surface area contributed by atoms with E-state index in [-0.39, 0.29) is 5.75 Å². The van der Waals surface area contributed by atoms with Gasteiger partial charge in [-0.15, -0.1) is 0 Å². The third-order valence-corrected chi connectivity index (χ3v) is 1.34. The van der Waals surface area contributed by atoms with Crippen LogP contribution in [0.25, 0.3) is 0 Å². The highest BCUT2D eigenvalue weighted by Gasteiger charge is 2.18. The molecule has 1 heterocycles. The Morgan fingerprint density at radius 3 is 2.50 bits per heavy atom. The molecule has 0 amide bonds. The molecule has 2 nitrogen and oxygen atoms in total. The zero-order valence-electron chi connectivity index (χ0n) is 6.22. The Kier molecular flexibility index (Phi) is 2.52. The SMILES string of the molecule is COc1cncc(F)c1C(F)F. The van der Waals surface area contributed by atoms with Gasteiger partial charge in [-0.3, -0.25) is 4.98 Å². The van der Waals surface area contributed by atoms with Crippen molar-refractivity contribution in [1.82, 2.24) is 4.98 Å². The third-order valence-electron chi connectivity index (χ3n) is 1.34. The molecule has 66 valence electrons. The van der Waals surface area contributed by atoms with Crippen molar-refractivity contribution in [3.8, 4) is 5.75 Å². The zero-order valence-corrected chi connectivity index (χ0v) is 6.22. The van der Waals surface area contributed by atoms with E-state index in [0.717, 1.165) is 12.4 Å². The summed E-state index contributed by atoms with van der Waals surface area (Å²) in [4.78, 5) is 3.36. The maximum atomic E-state index is 12.7. The van der Waals surface area contributed by atoms with Crippen molar-refractivity contribution < 1.29 is 17.9 Å². The van der Waals surface area contributed by atoms with Crippen molar-refractivity contribution in [1.29, 1.82) is 0 Å². The van der Waals surface area contributed by atoms with Crippen molar-refractivity contribution in [3.05, 3.63) is 23.8 Å². The summed E-state index contributed by atoms with van der Waals surface area (Å²) in [7, 11) is 1.18. The van der Waals surface area contributed by atoms with Gasteiger partial charge in [-0.2, -0.15) is 0 Å². The van der Waals surface area contributed by atoms with Crippen LogP contribution in [0.15, 0.2) is 12.4 Å². The van der Waals surface area contributed by atoms with Gasteiger partial charge in [-0.25, -0.2) is 13.2 Å². The Balaban J connectivity index is 3.20. The summed E-state index contributed by atoms with van der Waals surface area (Å²) >= 11 is 0. The third kappa shape index (κ3) is 1.49. The second-order valence-electron chi connectivity index (χ2n) is 2.04. The molecular weight excluding hydrogens is 171 g/mol. The number of ether oxygens (including phenoxy) is 1. The Hall–Kier alpha value is -1.26. The summed E-state index contributed by atoms with van der Waals surface area (Å²) in [6, 6.07) is 0. The van der Waals surface area contributed by atoms with Crippen LogP contribution in [0.3, 0.4) is 0 Å². The molecule has 0 N–H and O–H groups in total. The molecule has 1 aromatic rings. The summed E-state index contributed by atoms with van der Waals surface area (Å²) in [5.41, 5.74) is -0.743. The number of nitrogens with zero attached hydrogens (tertiary/aromatic N) is 1. The van der Waals surface area contributed by atoms with E-state index in [4.69, 9.17) is 0 Å². The number of halogens is 3. The fraction of sp³-hybridized carbons (Fsp3) is 0.286. The van der Waals surface area contributed by atoms with Gasteiger partial charge in [0.25, 0.3) is 6.43 Å². The number of aromatic nitrogens is 1. The van der Waals surface area contributed by atoms with Crippen LogP contribution in [0, 0.1) is 5.82 Å². The molecule has 0 atom stereocenters. The Labute approximate surface area is 67.0 Å². The minimum absolute atomic E-state index is 0.231. The number of alkyl halides is 2. The highest BCUT2D eigenvalue weighted by Crippen LogP contribution is 2.29. The summed E-state index contributed by atoms with van der Waals surface area (Å²) in [5, 5.41) is 0. The number of methoxy groups -OCH3 is 1. The predicted octanol–water partition coefficient (Wildman–Crippen LogP) is 2.17. The van der Waals surface area contributed by atoms with Crippen molar-refractivity contribution >= 4 is 0 Å². The summed E-state index contributed by atoms with van der Waals surface area (Å²) < 4.78 is 41.4. The van der Waals surface area contributed by atoms with Gasteiger partial charge in [0.05, 0.1) is 25.1 Å². The van der Waals surface area contributed by atoms with E-state index in [2.05, 4.69) is 9.72 Å². The fourth-order valence-electron chi connectivity index (χ4n) is 0.802. The van der Waals surface area contributed by atoms with E-state index in [1.807, 2.05) is 0 Å². The van der Waals surface area contributed by atoms with Crippen LogP contribution in [0.5, 0.6) is 5.75 Å².